The summed E-state index contributed by atoms with van der Waals surface area (Å²) in [7, 11) is 3.43. The van der Waals surface area contributed by atoms with Gasteiger partial charge >= 0.3 is 5.69 Å². The van der Waals surface area contributed by atoms with Crippen molar-refractivity contribution in [2.24, 2.45) is 0 Å². The molecule has 0 bridgehead atoms. The fourth-order valence-electron chi connectivity index (χ4n) is 3.25. The Morgan fingerprint density at radius 1 is 1.20 bits per heavy atom. The van der Waals surface area contributed by atoms with Crippen LogP contribution in [0.15, 0.2) is 33.9 Å². The molecule has 1 aromatic heterocycles. The Hall–Kier alpha value is -3.07. The van der Waals surface area contributed by atoms with Crippen LogP contribution in [0, 0.1) is 0 Å². The van der Waals surface area contributed by atoms with Crippen molar-refractivity contribution < 1.29 is 9.53 Å². The highest BCUT2D eigenvalue weighted by atomic mass is 16.5. The van der Waals surface area contributed by atoms with Gasteiger partial charge in [-0.25, -0.2) is 4.79 Å². The zero-order valence-electron chi connectivity index (χ0n) is 18.1. The number of carbonyl (C=O) groups excluding carboxylic acids is 1. The maximum atomic E-state index is 13.0. The minimum atomic E-state index is -0.654. The molecule has 9 heteroatoms. The van der Waals surface area contributed by atoms with Crippen LogP contribution in [0.3, 0.4) is 0 Å². The Morgan fingerprint density at radius 3 is 2.43 bits per heavy atom. The van der Waals surface area contributed by atoms with Crippen LogP contribution in [0.5, 0.6) is 5.75 Å². The van der Waals surface area contributed by atoms with Crippen LogP contribution in [0.2, 0.25) is 0 Å². The van der Waals surface area contributed by atoms with Crippen LogP contribution in [0.1, 0.15) is 32.3 Å². The maximum absolute atomic E-state index is 13.0. The summed E-state index contributed by atoms with van der Waals surface area (Å²) in [5.41, 5.74) is 5.98. The third-order valence-electron chi connectivity index (χ3n) is 4.85. The van der Waals surface area contributed by atoms with Crippen LogP contribution in [0.4, 0.5) is 11.5 Å². The number of nitrogens with two attached hydrogens (primary N) is 1. The number of aromatic nitrogens is 2. The number of aromatic amines is 1. The first-order chi connectivity index (χ1) is 14.3. The van der Waals surface area contributed by atoms with Crippen molar-refractivity contribution in [3.63, 3.8) is 0 Å². The van der Waals surface area contributed by atoms with Crippen LogP contribution < -0.4 is 26.6 Å². The highest BCUT2D eigenvalue weighted by Crippen LogP contribution is 2.18. The molecular formula is C21H31N5O4. The lowest BCUT2D eigenvalue weighted by molar-refractivity contribution is -0.119. The zero-order valence-corrected chi connectivity index (χ0v) is 18.1. The molecule has 0 aliphatic heterocycles. The summed E-state index contributed by atoms with van der Waals surface area (Å²) in [4.78, 5) is 43.0. The lowest BCUT2D eigenvalue weighted by Crippen LogP contribution is -2.44. The number of unbranched alkanes of at least 4 members (excludes halogenated alkanes) is 1. The second kappa shape index (κ2) is 10.6. The van der Waals surface area contributed by atoms with E-state index in [0.29, 0.717) is 13.1 Å². The van der Waals surface area contributed by atoms with E-state index in [1.165, 1.54) is 9.47 Å². The van der Waals surface area contributed by atoms with Crippen molar-refractivity contribution in [1.29, 1.82) is 0 Å². The molecule has 164 valence electrons. The molecule has 9 nitrogen and oxygen atoms in total. The second-order valence-corrected chi connectivity index (χ2v) is 7.16. The zero-order chi connectivity index (χ0) is 22.3. The number of anilines is 2. The summed E-state index contributed by atoms with van der Waals surface area (Å²) in [5.74, 6) is 0.513. The molecule has 0 saturated heterocycles. The van der Waals surface area contributed by atoms with Gasteiger partial charge in [0.05, 0.1) is 13.7 Å². The number of amides is 1. The SMILES string of the molecule is CCCCn1c(N)c(N(CC)C(=O)CN(C)Cc2ccc(OC)cc2)c(=O)[nH]c1=O. The Morgan fingerprint density at radius 2 is 1.87 bits per heavy atom. The monoisotopic (exact) mass is 417 g/mol. The van der Waals surface area contributed by atoms with Crippen molar-refractivity contribution >= 4 is 17.4 Å². The molecule has 1 aromatic carbocycles. The van der Waals surface area contributed by atoms with Gasteiger partial charge in [-0.2, -0.15) is 0 Å². The van der Waals surface area contributed by atoms with Gasteiger partial charge < -0.3 is 15.4 Å². The number of rotatable bonds is 10. The topological polar surface area (TPSA) is 114 Å². The normalized spacial score (nSPS) is 11.0. The number of ether oxygens (including phenoxy) is 1. The molecule has 2 rings (SSSR count). The molecule has 1 heterocycles. The summed E-state index contributed by atoms with van der Waals surface area (Å²) in [6.07, 6.45) is 1.60. The van der Waals surface area contributed by atoms with Gasteiger partial charge in [0.2, 0.25) is 5.91 Å². The maximum Gasteiger partial charge on any atom is 0.330 e. The molecule has 0 spiro atoms. The van der Waals surface area contributed by atoms with Gasteiger partial charge in [0, 0.05) is 19.6 Å². The molecule has 2 aromatic rings. The first-order valence-corrected chi connectivity index (χ1v) is 10.1. The molecule has 0 unspecified atom stereocenters. The van der Waals surface area contributed by atoms with E-state index in [2.05, 4.69) is 4.98 Å². The summed E-state index contributed by atoms with van der Waals surface area (Å²) >= 11 is 0. The number of nitrogens with one attached hydrogen (secondary N) is 1. The lowest BCUT2D eigenvalue weighted by Gasteiger charge is -2.25. The minimum Gasteiger partial charge on any atom is -0.497 e. The number of nitrogens with zero attached hydrogens (tertiary/aromatic N) is 3. The molecule has 0 atom stereocenters. The first kappa shape index (κ1) is 23.2. The van der Waals surface area contributed by atoms with Gasteiger partial charge in [0.25, 0.3) is 5.56 Å². The standard InChI is InChI=1S/C21H31N5O4/c1-5-7-12-26-19(22)18(20(28)23-21(26)29)25(6-2)17(27)14-24(3)13-15-8-10-16(30-4)11-9-15/h8-11H,5-7,12-14,22H2,1-4H3,(H,23,28,29). The van der Waals surface area contributed by atoms with E-state index in [9.17, 15) is 14.4 Å². The molecular weight excluding hydrogens is 386 g/mol. The fraction of sp³-hybridized carbons (Fsp3) is 0.476. The first-order valence-electron chi connectivity index (χ1n) is 10.1. The smallest absolute Gasteiger partial charge is 0.330 e. The molecule has 30 heavy (non-hydrogen) atoms. The fourth-order valence-corrected chi connectivity index (χ4v) is 3.25. The van der Waals surface area contributed by atoms with Gasteiger partial charge in [0.1, 0.15) is 11.6 Å². The molecule has 3 N–H and O–H groups in total. The Balaban J connectivity index is 2.20. The van der Waals surface area contributed by atoms with E-state index in [1.54, 1.807) is 14.0 Å². The summed E-state index contributed by atoms with van der Waals surface area (Å²) in [6, 6.07) is 7.60. The third-order valence-corrected chi connectivity index (χ3v) is 4.85. The van der Waals surface area contributed by atoms with E-state index in [-0.39, 0.29) is 30.5 Å². The van der Waals surface area contributed by atoms with Gasteiger partial charge in [-0.3, -0.25) is 24.0 Å². The van der Waals surface area contributed by atoms with E-state index in [1.807, 2.05) is 43.1 Å². The number of likely N-dealkylation sites (N-methyl/N-ethyl adjacent to an activating group) is 2. The van der Waals surface area contributed by atoms with Gasteiger partial charge in [-0.15, -0.1) is 0 Å². The highest BCUT2D eigenvalue weighted by molar-refractivity contribution is 5.96. The second-order valence-electron chi connectivity index (χ2n) is 7.16. The van der Waals surface area contributed by atoms with Crippen LogP contribution in [-0.4, -0.2) is 47.6 Å². The van der Waals surface area contributed by atoms with Crippen molar-refractivity contribution in [2.75, 3.05) is 37.9 Å². The molecule has 0 aliphatic carbocycles. The number of H-pyrrole nitrogens is 1. The number of benzene rings is 1. The summed E-state index contributed by atoms with van der Waals surface area (Å²) in [5, 5.41) is 0. The summed E-state index contributed by atoms with van der Waals surface area (Å²) < 4.78 is 6.47. The number of carbonyl (C=O) groups is 1. The van der Waals surface area contributed by atoms with Crippen molar-refractivity contribution in [2.45, 2.75) is 39.8 Å². The largest absolute Gasteiger partial charge is 0.497 e. The van der Waals surface area contributed by atoms with Crippen molar-refractivity contribution in [1.82, 2.24) is 14.5 Å². The Labute approximate surface area is 176 Å². The van der Waals surface area contributed by atoms with Gasteiger partial charge in [0.15, 0.2) is 5.69 Å². The van der Waals surface area contributed by atoms with Crippen molar-refractivity contribution in [3.8, 4) is 5.75 Å². The average molecular weight is 418 g/mol. The predicted molar refractivity (Wildman–Crippen MR) is 118 cm³/mol. The van der Waals surface area contributed by atoms with E-state index in [4.69, 9.17) is 10.5 Å². The molecule has 0 fully saturated rings. The summed E-state index contributed by atoms with van der Waals surface area (Å²) in [6.45, 7) is 5.04. The molecule has 0 saturated carbocycles. The van der Waals surface area contributed by atoms with Gasteiger partial charge in [-0.1, -0.05) is 25.5 Å². The molecule has 1 amide bonds. The Kier molecular flexibility index (Phi) is 8.23. The number of methoxy groups -OCH3 is 1. The van der Waals surface area contributed by atoms with Crippen molar-refractivity contribution in [3.05, 3.63) is 50.7 Å². The molecule has 0 radical (unpaired) electrons. The van der Waals surface area contributed by atoms with E-state index in [0.717, 1.165) is 24.2 Å². The highest BCUT2D eigenvalue weighted by Gasteiger charge is 2.23. The predicted octanol–water partition coefficient (Wildman–Crippen LogP) is 1.41. The quantitative estimate of drug-likeness (QED) is 0.604. The van der Waals surface area contributed by atoms with Gasteiger partial charge in [-0.05, 0) is 38.1 Å². The minimum absolute atomic E-state index is 0.0187. The number of hydrogen-bond donors (Lipinski definition) is 2. The number of nitrogen functional groups attached to an aromatic ring is 1. The van der Waals surface area contributed by atoms with E-state index < -0.39 is 11.2 Å². The number of hydrogen-bond acceptors (Lipinski definition) is 6. The van der Waals surface area contributed by atoms with Crippen LogP contribution >= 0.6 is 0 Å². The third kappa shape index (κ3) is 5.50. The van der Waals surface area contributed by atoms with Crippen LogP contribution in [-0.2, 0) is 17.9 Å². The Bertz CT molecular complexity index is 965. The average Bonchev–Trinajstić information content (AvgIpc) is 2.71. The van der Waals surface area contributed by atoms with E-state index >= 15 is 0 Å². The van der Waals surface area contributed by atoms with Crippen LogP contribution in [0.25, 0.3) is 0 Å². The molecule has 0 aliphatic rings. The lowest BCUT2D eigenvalue weighted by atomic mass is 10.2.